The zero-order valence-electron chi connectivity index (χ0n) is 18.1. The van der Waals surface area contributed by atoms with E-state index in [0.29, 0.717) is 45.3 Å². The van der Waals surface area contributed by atoms with Gasteiger partial charge in [-0.25, -0.2) is 13.4 Å². The molecule has 0 spiro atoms. The second-order valence-electron chi connectivity index (χ2n) is 8.00. The highest BCUT2D eigenvalue weighted by molar-refractivity contribution is 7.92. The lowest BCUT2D eigenvalue weighted by Crippen LogP contribution is -2.48. The summed E-state index contributed by atoms with van der Waals surface area (Å²) in [5, 5.41) is 14.2. The van der Waals surface area contributed by atoms with Gasteiger partial charge in [0.2, 0.25) is 16.0 Å². The summed E-state index contributed by atoms with van der Waals surface area (Å²) < 4.78 is 29.1. The molecular weight excluding hydrogens is 426 g/mol. The molecule has 1 aliphatic rings. The smallest absolute Gasteiger partial charge is 0.236 e. The molecule has 0 saturated carbocycles. The van der Waals surface area contributed by atoms with Crippen molar-refractivity contribution in [3.8, 4) is 0 Å². The second kappa shape index (κ2) is 9.83. The first-order chi connectivity index (χ1) is 15.4. The Morgan fingerprint density at radius 1 is 1.06 bits per heavy atom. The van der Waals surface area contributed by atoms with Gasteiger partial charge in [-0.05, 0) is 30.7 Å². The third kappa shape index (κ3) is 5.36. The van der Waals surface area contributed by atoms with Crippen molar-refractivity contribution in [3.05, 3.63) is 65.6 Å². The summed E-state index contributed by atoms with van der Waals surface area (Å²) in [7, 11) is -3.46. The minimum absolute atomic E-state index is 0.406. The van der Waals surface area contributed by atoms with Gasteiger partial charge in [-0.2, -0.15) is 4.31 Å². The second-order valence-corrected chi connectivity index (χ2v) is 9.82. The Morgan fingerprint density at radius 3 is 2.47 bits per heavy atom. The van der Waals surface area contributed by atoms with Crippen LogP contribution in [0.1, 0.15) is 12.5 Å². The van der Waals surface area contributed by atoms with Gasteiger partial charge in [-0.3, -0.25) is 9.47 Å². The molecule has 1 aromatic heterocycles. The molecule has 1 fully saturated rings. The summed E-state index contributed by atoms with van der Waals surface area (Å²) in [6, 6.07) is 17.3. The number of para-hydroxylation sites is 2. The zero-order chi connectivity index (χ0) is 22.6. The number of nitrogens with one attached hydrogen (secondary N) is 1. The Labute approximate surface area is 188 Å². The number of fused-ring (bicyclic) bond motifs is 1. The van der Waals surface area contributed by atoms with E-state index in [2.05, 4.69) is 19.8 Å². The molecule has 0 bridgehead atoms. The molecule has 0 aliphatic carbocycles. The maximum Gasteiger partial charge on any atom is 0.236 e. The van der Waals surface area contributed by atoms with Gasteiger partial charge >= 0.3 is 0 Å². The fourth-order valence-corrected chi connectivity index (χ4v) is 4.91. The van der Waals surface area contributed by atoms with Crippen LogP contribution in [0.2, 0.25) is 0 Å². The summed E-state index contributed by atoms with van der Waals surface area (Å²) in [6.07, 6.45) is 1.15. The highest BCUT2D eigenvalue weighted by Crippen LogP contribution is 2.21. The number of benzene rings is 2. The highest BCUT2D eigenvalue weighted by atomic mass is 32.2. The average molecular weight is 456 g/mol. The van der Waals surface area contributed by atoms with Crippen LogP contribution in [0.5, 0.6) is 0 Å². The molecule has 0 amide bonds. The molecule has 8 nitrogen and oxygen atoms in total. The molecule has 32 heavy (non-hydrogen) atoms. The minimum atomic E-state index is -3.46. The maximum atomic E-state index is 12.7. The van der Waals surface area contributed by atoms with E-state index in [1.54, 1.807) is 13.0 Å². The van der Waals surface area contributed by atoms with Crippen LogP contribution >= 0.6 is 0 Å². The van der Waals surface area contributed by atoms with Crippen LogP contribution in [0.3, 0.4) is 0 Å². The number of aromatic nitrogens is 2. The molecule has 170 valence electrons. The normalized spacial score (nSPS) is 17.2. The maximum absolute atomic E-state index is 12.7. The van der Waals surface area contributed by atoms with Crippen molar-refractivity contribution in [2.75, 3.05) is 38.0 Å². The van der Waals surface area contributed by atoms with Crippen molar-refractivity contribution < 1.29 is 13.5 Å². The van der Waals surface area contributed by atoms with Crippen molar-refractivity contribution >= 4 is 33.1 Å². The first-order valence-electron chi connectivity index (χ1n) is 10.8. The first-order valence-corrected chi connectivity index (χ1v) is 12.3. The molecule has 0 radical (unpaired) electrons. The van der Waals surface area contributed by atoms with Crippen LogP contribution in [0, 0.1) is 0 Å². The van der Waals surface area contributed by atoms with Crippen LogP contribution in [0.15, 0.2) is 60.0 Å². The van der Waals surface area contributed by atoms with E-state index in [1.165, 1.54) is 9.71 Å². The number of hydrogen-bond acceptors (Lipinski definition) is 6. The first kappa shape index (κ1) is 22.5. The van der Waals surface area contributed by atoms with Crippen molar-refractivity contribution in [2.45, 2.75) is 19.7 Å². The third-order valence-corrected chi connectivity index (χ3v) is 7.04. The topological polar surface area (TPSA) is 90.7 Å². The molecule has 2 aromatic carbocycles. The number of sulfonamides is 1. The van der Waals surface area contributed by atoms with Crippen LogP contribution in [-0.2, 0) is 16.7 Å². The van der Waals surface area contributed by atoms with Crippen LogP contribution in [-0.4, -0.2) is 71.1 Å². The molecule has 1 atom stereocenters. The standard InChI is InChI=1S/C23H29N5O3S/c1-19(29)17-24-23-25-21-9-5-6-10-22(21)28(23)18-26-12-14-27(15-13-26)32(30,31)16-11-20-7-3-2-4-8-20/h2-11,16,19,29H,12-15,17-18H2,1H3,(H,24,25). The Hall–Kier alpha value is -2.72. The summed E-state index contributed by atoms with van der Waals surface area (Å²) in [5.74, 6) is 0.702. The van der Waals surface area contributed by atoms with Gasteiger partial charge in [0.25, 0.3) is 0 Å². The van der Waals surface area contributed by atoms with E-state index >= 15 is 0 Å². The summed E-state index contributed by atoms with van der Waals surface area (Å²) in [6.45, 7) is 4.85. The van der Waals surface area contributed by atoms with Gasteiger partial charge in [0.1, 0.15) is 0 Å². The van der Waals surface area contributed by atoms with Gasteiger partial charge in [0.15, 0.2) is 0 Å². The van der Waals surface area contributed by atoms with Crippen molar-refractivity contribution in [2.24, 2.45) is 0 Å². The lowest BCUT2D eigenvalue weighted by Gasteiger charge is -2.33. The van der Waals surface area contributed by atoms with Gasteiger partial charge in [-0.1, -0.05) is 42.5 Å². The van der Waals surface area contributed by atoms with Crippen LogP contribution < -0.4 is 5.32 Å². The highest BCUT2D eigenvalue weighted by Gasteiger charge is 2.26. The summed E-state index contributed by atoms with van der Waals surface area (Å²) >= 11 is 0. The lowest BCUT2D eigenvalue weighted by molar-refractivity contribution is 0.155. The molecular formula is C23H29N5O3S. The number of imidazole rings is 1. The minimum Gasteiger partial charge on any atom is -0.392 e. The fourth-order valence-electron chi connectivity index (χ4n) is 3.73. The average Bonchev–Trinajstić information content (AvgIpc) is 3.15. The number of anilines is 1. The van der Waals surface area contributed by atoms with E-state index in [0.717, 1.165) is 16.6 Å². The molecule has 1 unspecified atom stereocenters. The van der Waals surface area contributed by atoms with E-state index < -0.39 is 16.1 Å². The number of hydrogen-bond donors (Lipinski definition) is 2. The van der Waals surface area contributed by atoms with Crippen LogP contribution in [0.25, 0.3) is 17.1 Å². The van der Waals surface area contributed by atoms with Gasteiger partial charge in [-0.15, -0.1) is 0 Å². The van der Waals surface area contributed by atoms with Gasteiger partial charge in [0, 0.05) is 38.1 Å². The zero-order valence-corrected chi connectivity index (χ0v) is 18.9. The third-order valence-electron chi connectivity index (χ3n) is 5.47. The van der Waals surface area contributed by atoms with Gasteiger partial charge < -0.3 is 10.4 Å². The molecule has 3 aromatic rings. The Balaban J connectivity index is 1.42. The predicted molar refractivity (Wildman–Crippen MR) is 127 cm³/mol. The largest absolute Gasteiger partial charge is 0.392 e. The molecule has 1 aliphatic heterocycles. The van der Waals surface area contributed by atoms with E-state index in [9.17, 15) is 13.5 Å². The quantitative estimate of drug-likeness (QED) is 0.542. The van der Waals surface area contributed by atoms with E-state index in [1.807, 2.05) is 54.6 Å². The van der Waals surface area contributed by atoms with E-state index in [4.69, 9.17) is 0 Å². The predicted octanol–water partition coefficient (Wildman–Crippen LogP) is 2.40. The molecule has 2 N–H and O–H groups in total. The molecule has 4 rings (SSSR count). The number of nitrogens with zero attached hydrogens (tertiary/aromatic N) is 4. The van der Waals surface area contributed by atoms with Crippen molar-refractivity contribution in [1.82, 2.24) is 18.8 Å². The lowest BCUT2D eigenvalue weighted by atomic mass is 10.2. The molecule has 1 saturated heterocycles. The summed E-state index contributed by atoms with van der Waals surface area (Å²) in [5.41, 5.74) is 2.74. The SMILES string of the molecule is CC(O)CNc1nc2ccccc2n1CN1CCN(S(=O)(=O)C=Cc2ccccc2)CC1. The number of aliphatic hydroxyl groups excluding tert-OH is 1. The Kier molecular flexibility index (Phi) is 6.90. The molecule has 2 heterocycles. The number of rotatable bonds is 8. The summed E-state index contributed by atoms with van der Waals surface area (Å²) in [4.78, 5) is 6.87. The van der Waals surface area contributed by atoms with Crippen molar-refractivity contribution in [3.63, 3.8) is 0 Å². The Morgan fingerprint density at radius 2 is 1.75 bits per heavy atom. The van der Waals surface area contributed by atoms with E-state index in [-0.39, 0.29) is 0 Å². The number of aliphatic hydroxyl groups is 1. The fraction of sp³-hybridized carbons (Fsp3) is 0.348. The van der Waals surface area contributed by atoms with Gasteiger partial charge in [0.05, 0.1) is 23.8 Å². The monoisotopic (exact) mass is 455 g/mol. The number of piperazine rings is 1. The van der Waals surface area contributed by atoms with Crippen LogP contribution in [0.4, 0.5) is 5.95 Å². The van der Waals surface area contributed by atoms with Crippen molar-refractivity contribution in [1.29, 1.82) is 0 Å². The molecule has 9 heteroatoms. The Bertz CT molecular complexity index is 1170.